The second kappa shape index (κ2) is 12.7. The van der Waals surface area contributed by atoms with E-state index < -0.39 is 5.91 Å². The number of carbonyl (C=O) groups is 2. The zero-order valence-electron chi connectivity index (χ0n) is 21.5. The minimum absolute atomic E-state index is 0.0748. The first-order valence-corrected chi connectivity index (χ1v) is 13.7. The third-order valence-electron chi connectivity index (χ3n) is 6.97. The lowest BCUT2D eigenvalue weighted by atomic mass is 9.99. The minimum Gasteiger partial charge on any atom is -0.366 e. The zero-order chi connectivity index (χ0) is 26.2. The molecule has 0 aromatic carbocycles. The summed E-state index contributed by atoms with van der Waals surface area (Å²) in [6.07, 6.45) is 8.52. The van der Waals surface area contributed by atoms with Gasteiger partial charge in [-0.05, 0) is 74.1 Å². The number of aryl methyl sites for hydroxylation is 2. The van der Waals surface area contributed by atoms with E-state index in [1.807, 2.05) is 17.2 Å². The Hall–Kier alpha value is -3.37. The molecule has 3 amide bonds. The molecule has 3 N–H and O–H groups in total. The summed E-state index contributed by atoms with van der Waals surface area (Å²) in [7, 11) is 0. The molecule has 0 spiro atoms. The fourth-order valence-corrected chi connectivity index (χ4v) is 5.41. The summed E-state index contributed by atoms with van der Waals surface area (Å²) < 4.78 is 0. The van der Waals surface area contributed by atoms with E-state index in [-0.39, 0.29) is 12.1 Å². The van der Waals surface area contributed by atoms with Gasteiger partial charge in [0.15, 0.2) is 0 Å². The number of amides is 3. The summed E-state index contributed by atoms with van der Waals surface area (Å²) in [5.41, 5.74) is 9.50. The van der Waals surface area contributed by atoms with Crippen LogP contribution in [0.5, 0.6) is 0 Å². The van der Waals surface area contributed by atoms with Crippen molar-refractivity contribution >= 4 is 23.3 Å². The predicted octanol–water partition coefficient (Wildman–Crippen LogP) is 3.54. The average Bonchev–Trinajstić information content (AvgIpc) is 3.43. The van der Waals surface area contributed by atoms with Crippen molar-refractivity contribution in [2.45, 2.75) is 64.7 Å². The van der Waals surface area contributed by atoms with E-state index in [2.05, 4.69) is 43.5 Å². The number of piperidine rings is 1. The van der Waals surface area contributed by atoms with Crippen LogP contribution in [0.3, 0.4) is 0 Å². The van der Waals surface area contributed by atoms with Gasteiger partial charge < -0.3 is 20.9 Å². The molecule has 1 saturated heterocycles. The number of thiophene rings is 1. The molecule has 1 atom stereocenters. The van der Waals surface area contributed by atoms with Gasteiger partial charge in [-0.1, -0.05) is 0 Å². The quantitative estimate of drug-likeness (QED) is 0.421. The highest BCUT2D eigenvalue weighted by atomic mass is 32.1. The first-order chi connectivity index (χ1) is 17.9. The van der Waals surface area contributed by atoms with Crippen molar-refractivity contribution in [3.63, 3.8) is 0 Å². The average molecular weight is 522 g/mol. The van der Waals surface area contributed by atoms with Crippen LogP contribution in [-0.4, -0.2) is 61.9 Å². The van der Waals surface area contributed by atoms with Crippen molar-refractivity contribution in [1.29, 1.82) is 0 Å². The Morgan fingerprint density at radius 3 is 2.70 bits per heavy atom. The van der Waals surface area contributed by atoms with Gasteiger partial charge in [0, 0.05) is 44.1 Å². The maximum absolute atomic E-state index is 13.3. The van der Waals surface area contributed by atoms with Crippen LogP contribution >= 0.6 is 11.3 Å². The summed E-state index contributed by atoms with van der Waals surface area (Å²) in [5.74, 6) is -0.435. The van der Waals surface area contributed by atoms with E-state index in [0.717, 1.165) is 55.0 Å². The molecule has 1 aliphatic rings. The fraction of sp³-hybridized carbons (Fsp3) is 0.444. The van der Waals surface area contributed by atoms with E-state index in [0.29, 0.717) is 31.1 Å². The zero-order valence-corrected chi connectivity index (χ0v) is 22.3. The summed E-state index contributed by atoms with van der Waals surface area (Å²) in [6.45, 7) is 6.86. The van der Waals surface area contributed by atoms with E-state index in [1.165, 1.54) is 0 Å². The first-order valence-electron chi connectivity index (χ1n) is 12.7. The first kappa shape index (κ1) is 26.7. The van der Waals surface area contributed by atoms with Crippen LogP contribution in [-0.2, 0) is 19.5 Å². The van der Waals surface area contributed by atoms with Crippen LogP contribution in [0.2, 0.25) is 0 Å². The van der Waals surface area contributed by atoms with Crippen LogP contribution in [0.15, 0.2) is 47.5 Å². The molecule has 0 unspecified atom stereocenters. The number of nitrogens with zero attached hydrogens (tertiary/aromatic N) is 5. The maximum atomic E-state index is 13.3. The Balaban J connectivity index is 1.33. The van der Waals surface area contributed by atoms with Crippen LogP contribution < -0.4 is 11.1 Å². The highest BCUT2D eigenvalue weighted by molar-refractivity contribution is 7.07. The van der Waals surface area contributed by atoms with Crippen molar-refractivity contribution < 1.29 is 9.59 Å². The molecule has 1 aliphatic heterocycles. The number of likely N-dealkylation sites (tertiary alicyclic amines) is 1. The lowest BCUT2D eigenvalue weighted by Crippen LogP contribution is -2.51. The van der Waals surface area contributed by atoms with Crippen molar-refractivity contribution in [2.75, 3.05) is 13.1 Å². The molecule has 0 aliphatic carbocycles. The Morgan fingerprint density at radius 1 is 1.22 bits per heavy atom. The van der Waals surface area contributed by atoms with Gasteiger partial charge in [-0.15, -0.1) is 0 Å². The molecule has 10 heteroatoms. The molecule has 37 heavy (non-hydrogen) atoms. The van der Waals surface area contributed by atoms with E-state index >= 15 is 0 Å². The number of carbonyl (C=O) groups excluding carboxylic acids is 2. The van der Waals surface area contributed by atoms with Crippen LogP contribution in [0.4, 0.5) is 4.79 Å². The molecular formula is C27H35N7O2S. The molecule has 0 bridgehead atoms. The van der Waals surface area contributed by atoms with Crippen LogP contribution in [0.25, 0.3) is 0 Å². The number of nitrogens with two attached hydrogens (primary N) is 1. The molecule has 4 heterocycles. The Bertz CT molecular complexity index is 1160. The number of hydrogen-bond acceptors (Lipinski definition) is 7. The molecular weight excluding hydrogens is 486 g/mol. The highest BCUT2D eigenvalue weighted by Gasteiger charge is 2.30. The largest absolute Gasteiger partial charge is 0.366 e. The number of aromatic nitrogens is 3. The van der Waals surface area contributed by atoms with Gasteiger partial charge in [0.2, 0.25) is 0 Å². The molecule has 1 fully saturated rings. The molecule has 4 rings (SSSR count). The Kier molecular flexibility index (Phi) is 9.19. The summed E-state index contributed by atoms with van der Waals surface area (Å²) in [5, 5.41) is 7.19. The molecule has 9 nitrogen and oxygen atoms in total. The summed E-state index contributed by atoms with van der Waals surface area (Å²) >= 11 is 1.64. The van der Waals surface area contributed by atoms with Gasteiger partial charge in [-0.25, -0.2) is 4.79 Å². The molecule has 3 aromatic heterocycles. The number of primary amides is 1. The highest BCUT2D eigenvalue weighted by Crippen LogP contribution is 2.23. The number of hydrogen-bond donors (Lipinski definition) is 2. The number of nitrogens with one attached hydrogen (secondary N) is 1. The topological polar surface area (TPSA) is 117 Å². The molecule has 3 aromatic rings. The van der Waals surface area contributed by atoms with Crippen molar-refractivity contribution in [3.05, 3.63) is 75.8 Å². The number of rotatable bonds is 10. The van der Waals surface area contributed by atoms with E-state index in [4.69, 9.17) is 5.73 Å². The normalized spacial score (nSPS) is 15.3. The second-order valence-electron chi connectivity index (χ2n) is 9.58. The fourth-order valence-electron chi connectivity index (χ4n) is 4.75. The Labute approximate surface area is 222 Å². The summed E-state index contributed by atoms with van der Waals surface area (Å²) in [4.78, 5) is 42.4. The van der Waals surface area contributed by atoms with Crippen molar-refractivity contribution in [3.8, 4) is 0 Å². The lowest BCUT2D eigenvalue weighted by molar-refractivity contribution is 0.0942. The molecule has 196 valence electrons. The Morgan fingerprint density at radius 2 is 2.03 bits per heavy atom. The minimum atomic E-state index is -0.435. The van der Waals surface area contributed by atoms with Gasteiger partial charge in [0.1, 0.15) is 0 Å². The third-order valence-corrected chi connectivity index (χ3v) is 7.70. The van der Waals surface area contributed by atoms with E-state index in [1.54, 1.807) is 42.1 Å². The van der Waals surface area contributed by atoms with Crippen molar-refractivity contribution in [2.24, 2.45) is 5.73 Å². The second-order valence-corrected chi connectivity index (χ2v) is 10.4. The SMILES string of the molecule is Cc1cnc(CNC(=O)N(Cc2ccsc2)C2CCN([C@H](C)CCc3ncccc3C(N)=O)CC2)cn1. The summed E-state index contributed by atoms with van der Waals surface area (Å²) in [6, 6.07) is 5.97. The monoisotopic (exact) mass is 521 g/mol. The van der Waals surface area contributed by atoms with Gasteiger partial charge in [0.05, 0.1) is 35.4 Å². The standard InChI is InChI=1S/C27H35N7O2S/c1-19-14-31-22(15-30-19)16-32-27(36)34(17-21-9-13-37-18-21)23-7-11-33(12-8-23)20(2)5-6-25-24(26(28)35)4-3-10-29-25/h3-4,9-10,13-15,18,20,23H,5-8,11-12,16-17H2,1-2H3,(H2,28,35)(H,32,36)/t20-/m1/s1. The van der Waals surface area contributed by atoms with Gasteiger partial charge in [-0.3, -0.25) is 19.7 Å². The molecule has 0 saturated carbocycles. The molecule has 0 radical (unpaired) electrons. The van der Waals surface area contributed by atoms with Gasteiger partial charge in [-0.2, -0.15) is 11.3 Å². The number of pyridine rings is 1. The lowest BCUT2D eigenvalue weighted by Gasteiger charge is -2.40. The predicted molar refractivity (Wildman–Crippen MR) is 144 cm³/mol. The van der Waals surface area contributed by atoms with Gasteiger partial charge >= 0.3 is 6.03 Å². The van der Waals surface area contributed by atoms with Crippen molar-refractivity contribution in [1.82, 2.24) is 30.1 Å². The third kappa shape index (κ3) is 7.33. The van der Waals surface area contributed by atoms with E-state index in [9.17, 15) is 9.59 Å². The maximum Gasteiger partial charge on any atom is 0.318 e. The van der Waals surface area contributed by atoms with Crippen LogP contribution in [0.1, 0.15) is 59.2 Å². The van der Waals surface area contributed by atoms with Gasteiger partial charge in [0.25, 0.3) is 5.91 Å². The van der Waals surface area contributed by atoms with Crippen LogP contribution in [0, 0.1) is 6.92 Å². The number of urea groups is 1. The smallest absolute Gasteiger partial charge is 0.318 e.